The molecule has 0 heterocycles. The minimum Gasteiger partial charge on any atom is -0.374 e. The van der Waals surface area contributed by atoms with Crippen molar-refractivity contribution in [2.45, 2.75) is 26.7 Å². The molecule has 0 fully saturated rings. The van der Waals surface area contributed by atoms with Gasteiger partial charge in [0.05, 0.1) is 0 Å². The number of halogens is 1. The maximum Gasteiger partial charge on any atom is 0.125 e. The summed E-state index contributed by atoms with van der Waals surface area (Å²) >= 11 is 0. The van der Waals surface area contributed by atoms with Crippen molar-refractivity contribution in [1.82, 2.24) is 0 Å². The van der Waals surface area contributed by atoms with Gasteiger partial charge in [-0.15, -0.1) is 0 Å². The summed E-state index contributed by atoms with van der Waals surface area (Å²) in [6, 6.07) is 5.17. The smallest absolute Gasteiger partial charge is 0.125 e. The molecule has 0 radical (unpaired) electrons. The van der Waals surface area contributed by atoms with E-state index >= 15 is 0 Å². The summed E-state index contributed by atoms with van der Waals surface area (Å²) in [5.41, 5.74) is 7.41. The number of benzene rings is 1. The molecular formula is C14H23FN2. The lowest BCUT2D eigenvalue weighted by atomic mass is 10.1. The summed E-state index contributed by atoms with van der Waals surface area (Å²) in [6.45, 7) is 5.88. The number of nitrogens with zero attached hydrogens (tertiary/aromatic N) is 1. The second-order valence-electron chi connectivity index (χ2n) is 4.75. The first-order chi connectivity index (χ1) is 8.06. The predicted octanol–water partition coefficient (Wildman–Crippen LogP) is 2.81. The summed E-state index contributed by atoms with van der Waals surface area (Å²) < 4.78 is 13.5. The van der Waals surface area contributed by atoms with Crippen molar-refractivity contribution < 1.29 is 4.39 Å². The quantitative estimate of drug-likeness (QED) is 0.825. The van der Waals surface area contributed by atoms with E-state index in [1.54, 1.807) is 12.1 Å². The number of hydrogen-bond donors (Lipinski definition) is 1. The zero-order chi connectivity index (χ0) is 12.8. The van der Waals surface area contributed by atoms with Gasteiger partial charge in [-0.3, -0.25) is 0 Å². The molecule has 2 nitrogen and oxygen atoms in total. The highest BCUT2D eigenvalue weighted by Gasteiger charge is 2.08. The van der Waals surface area contributed by atoms with E-state index in [9.17, 15) is 4.39 Å². The average Bonchev–Trinajstić information content (AvgIpc) is 2.28. The third-order valence-corrected chi connectivity index (χ3v) is 3.10. The number of rotatable bonds is 6. The van der Waals surface area contributed by atoms with Gasteiger partial charge in [0.2, 0.25) is 0 Å². The van der Waals surface area contributed by atoms with Crippen LogP contribution >= 0.6 is 0 Å². The molecule has 0 saturated heterocycles. The first kappa shape index (κ1) is 14.0. The lowest BCUT2D eigenvalue weighted by Crippen LogP contribution is -2.23. The molecular weight excluding hydrogens is 215 g/mol. The summed E-state index contributed by atoms with van der Waals surface area (Å²) in [7, 11) is 2.01. The molecule has 3 heteroatoms. The molecule has 0 saturated carbocycles. The fraction of sp³-hybridized carbons (Fsp3) is 0.571. The Morgan fingerprint density at radius 2 is 2.06 bits per heavy atom. The minimum absolute atomic E-state index is 0.179. The van der Waals surface area contributed by atoms with E-state index in [0.717, 1.165) is 30.6 Å². The number of nitrogens with two attached hydrogens (primary N) is 1. The molecule has 2 N–H and O–H groups in total. The van der Waals surface area contributed by atoms with Crippen LogP contribution in [-0.2, 0) is 6.42 Å². The Morgan fingerprint density at radius 1 is 1.35 bits per heavy atom. The van der Waals surface area contributed by atoms with Crippen LogP contribution in [-0.4, -0.2) is 20.1 Å². The molecule has 0 aromatic heterocycles. The van der Waals surface area contributed by atoms with Crippen LogP contribution in [0.3, 0.4) is 0 Å². The zero-order valence-corrected chi connectivity index (χ0v) is 11.0. The molecule has 1 unspecified atom stereocenters. The molecule has 17 heavy (non-hydrogen) atoms. The van der Waals surface area contributed by atoms with Gasteiger partial charge in [0.1, 0.15) is 5.82 Å². The monoisotopic (exact) mass is 238 g/mol. The van der Waals surface area contributed by atoms with Gasteiger partial charge in [0, 0.05) is 19.3 Å². The SMILES string of the molecule is CCC(C)CN(C)c1cc(F)cc(CCN)c1. The predicted molar refractivity (Wildman–Crippen MR) is 71.9 cm³/mol. The van der Waals surface area contributed by atoms with Gasteiger partial charge >= 0.3 is 0 Å². The second kappa shape index (κ2) is 6.60. The van der Waals surface area contributed by atoms with Crippen LogP contribution < -0.4 is 10.6 Å². The molecule has 0 amide bonds. The Bertz CT molecular complexity index is 352. The van der Waals surface area contributed by atoms with Gasteiger partial charge in [-0.2, -0.15) is 0 Å². The van der Waals surface area contributed by atoms with Gasteiger partial charge < -0.3 is 10.6 Å². The Morgan fingerprint density at radius 3 is 2.65 bits per heavy atom. The average molecular weight is 238 g/mol. The van der Waals surface area contributed by atoms with E-state index in [1.165, 1.54) is 0 Å². The molecule has 0 bridgehead atoms. The number of anilines is 1. The lowest BCUT2D eigenvalue weighted by Gasteiger charge is -2.23. The summed E-state index contributed by atoms with van der Waals surface area (Å²) in [5.74, 6) is 0.433. The maximum atomic E-state index is 13.5. The fourth-order valence-corrected chi connectivity index (χ4v) is 1.87. The Balaban J connectivity index is 2.81. The van der Waals surface area contributed by atoms with E-state index in [4.69, 9.17) is 5.73 Å². The standard InChI is InChI=1S/C14H23FN2/c1-4-11(2)10-17(3)14-8-12(5-6-16)7-13(15)9-14/h7-9,11H,4-6,10,16H2,1-3H3. The van der Waals surface area contributed by atoms with Crippen LogP contribution in [0.2, 0.25) is 0 Å². The topological polar surface area (TPSA) is 29.3 Å². The Labute approximate surface area is 104 Å². The van der Waals surface area contributed by atoms with Crippen LogP contribution in [0.5, 0.6) is 0 Å². The first-order valence-electron chi connectivity index (χ1n) is 6.27. The van der Waals surface area contributed by atoms with E-state index in [0.29, 0.717) is 12.5 Å². The maximum absolute atomic E-state index is 13.5. The first-order valence-corrected chi connectivity index (χ1v) is 6.27. The normalized spacial score (nSPS) is 12.5. The highest BCUT2D eigenvalue weighted by atomic mass is 19.1. The van der Waals surface area contributed by atoms with E-state index < -0.39 is 0 Å². The van der Waals surface area contributed by atoms with Crippen LogP contribution in [0.25, 0.3) is 0 Å². The summed E-state index contributed by atoms with van der Waals surface area (Å²) in [4.78, 5) is 2.11. The highest BCUT2D eigenvalue weighted by molar-refractivity contribution is 5.48. The molecule has 1 rings (SSSR count). The van der Waals surface area contributed by atoms with Crippen molar-refractivity contribution >= 4 is 5.69 Å². The fourth-order valence-electron chi connectivity index (χ4n) is 1.87. The van der Waals surface area contributed by atoms with Gasteiger partial charge in [0.15, 0.2) is 0 Å². The Kier molecular flexibility index (Phi) is 5.42. The minimum atomic E-state index is -0.179. The third kappa shape index (κ3) is 4.35. The van der Waals surface area contributed by atoms with E-state index in [2.05, 4.69) is 18.7 Å². The van der Waals surface area contributed by atoms with Crippen molar-refractivity contribution in [3.63, 3.8) is 0 Å². The van der Waals surface area contributed by atoms with E-state index in [1.807, 2.05) is 13.1 Å². The molecule has 1 aromatic rings. The van der Waals surface area contributed by atoms with Crippen LogP contribution in [0, 0.1) is 11.7 Å². The zero-order valence-electron chi connectivity index (χ0n) is 11.0. The van der Waals surface area contributed by atoms with Crippen LogP contribution in [0.4, 0.5) is 10.1 Å². The third-order valence-electron chi connectivity index (χ3n) is 3.10. The molecule has 0 aliphatic rings. The molecule has 1 aromatic carbocycles. The molecule has 96 valence electrons. The molecule has 0 spiro atoms. The van der Waals surface area contributed by atoms with Crippen LogP contribution in [0.1, 0.15) is 25.8 Å². The Hall–Kier alpha value is -1.09. The van der Waals surface area contributed by atoms with E-state index in [-0.39, 0.29) is 5.82 Å². The van der Waals surface area contributed by atoms with Crippen molar-refractivity contribution in [3.8, 4) is 0 Å². The summed E-state index contributed by atoms with van der Waals surface area (Å²) in [6.07, 6.45) is 1.86. The van der Waals surface area contributed by atoms with Crippen molar-refractivity contribution in [2.75, 3.05) is 25.0 Å². The largest absolute Gasteiger partial charge is 0.374 e. The van der Waals surface area contributed by atoms with Crippen molar-refractivity contribution in [1.29, 1.82) is 0 Å². The van der Waals surface area contributed by atoms with Gasteiger partial charge in [-0.05, 0) is 42.6 Å². The lowest BCUT2D eigenvalue weighted by molar-refractivity contribution is 0.558. The van der Waals surface area contributed by atoms with Crippen LogP contribution in [0.15, 0.2) is 18.2 Å². The van der Waals surface area contributed by atoms with Gasteiger partial charge in [-0.25, -0.2) is 4.39 Å². The van der Waals surface area contributed by atoms with Crippen molar-refractivity contribution in [2.24, 2.45) is 11.7 Å². The second-order valence-corrected chi connectivity index (χ2v) is 4.75. The van der Waals surface area contributed by atoms with Gasteiger partial charge in [0.25, 0.3) is 0 Å². The highest BCUT2D eigenvalue weighted by Crippen LogP contribution is 2.19. The number of hydrogen-bond acceptors (Lipinski definition) is 2. The molecule has 1 atom stereocenters. The summed E-state index contributed by atoms with van der Waals surface area (Å²) in [5, 5.41) is 0. The molecule has 0 aliphatic heterocycles. The molecule has 0 aliphatic carbocycles. The van der Waals surface area contributed by atoms with Gasteiger partial charge in [-0.1, -0.05) is 20.3 Å². The van der Waals surface area contributed by atoms with Crippen molar-refractivity contribution in [3.05, 3.63) is 29.6 Å².